The van der Waals surface area contributed by atoms with Gasteiger partial charge in [-0.3, -0.25) is 4.90 Å². The molecule has 0 spiro atoms. The minimum atomic E-state index is 1.09. The van der Waals surface area contributed by atoms with Gasteiger partial charge in [-0.25, -0.2) is 0 Å². The molecule has 1 fully saturated rings. The van der Waals surface area contributed by atoms with Crippen LogP contribution in [0.2, 0.25) is 0 Å². The summed E-state index contributed by atoms with van der Waals surface area (Å²) < 4.78 is 0. The van der Waals surface area contributed by atoms with E-state index in [0.717, 1.165) is 32.7 Å². The topological polar surface area (TPSA) is 15.3 Å². The first kappa shape index (κ1) is 13.3. The Morgan fingerprint density at radius 1 is 1.18 bits per heavy atom. The molecule has 94 valence electrons. The fourth-order valence-corrected chi connectivity index (χ4v) is 3.88. The molecular formula is C13H20N2S2. The maximum atomic E-state index is 3.40. The molecule has 0 saturated carbocycles. The summed E-state index contributed by atoms with van der Waals surface area (Å²) in [5, 5.41) is 3.40. The highest BCUT2D eigenvalue weighted by Gasteiger charge is 2.13. The van der Waals surface area contributed by atoms with Crippen LogP contribution in [0, 0.1) is 0 Å². The van der Waals surface area contributed by atoms with Gasteiger partial charge in [0, 0.05) is 42.5 Å². The van der Waals surface area contributed by atoms with Crippen molar-refractivity contribution in [2.75, 3.05) is 38.7 Å². The molecule has 0 amide bonds. The van der Waals surface area contributed by atoms with Crippen molar-refractivity contribution >= 4 is 23.5 Å². The van der Waals surface area contributed by atoms with Crippen molar-refractivity contribution in [1.29, 1.82) is 0 Å². The molecule has 2 nitrogen and oxygen atoms in total. The van der Waals surface area contributed by atoms with Gasteiger partial charge in [-0.2, -0.15) is 0 Å². The second-order valence-corrected chi connectivity index (χ2v) is 5.84. The Morgan fingerprint density at radius 2 is 1.94 bits per heavy atom. The van der Waals surface area contributed by atoms with Crippen LogP contribution < -0.4 is 5.32 Å². The number of benzene rings is 1. The lowest BCUT2D eigenvalue weighted by Gasteiger charge is -2.28. The van der Waals surface area contributed by atoms with Crippen molar-refractivity contribution in [2.45, 2.75) is 16.3 Å². The van der Waals surface area contributed by atoms with E-state index >= 15 is 0 Å². The minimum Gasteiger partial charge on any atom is -0.314 e. The van der Waals surface area contributed by atoms with Gasteiger partial charge >= 0.3 is 0 Å². The lowest BCUT2D eigenvalue weighted by atomic mass is 10.2. The second kappa shape index (κ2) is 6.69. The number of nitrogens with one attached hydrogen (secondary N) is 1. The molecule has 0 unspecified atom stereocenters. The largest absolute Gasteiger partial charge is 0.314 e. The molecule has 1 aromatic rings. The first-order chi connectivity index (χ1) is 8.35. The Hall–Kier alpha value is -0.160. The van der Waals surface area contributed by atoms with E-state index in [0.29, 0.717) is 0 Å². The molecule has 4 heteroatoms. The molecule has 0 bridgehead atoms. The number of piperazine rings is 1. The first-order valence-corrected chi connectivity index (χ1v) is 8.43. The summed E-state index contributed by atoms with van der Waals surface area (Å²) in [6, 6.07) is 6.68. The zero-order valence-electron chi connectivity index (χ0n) is 10.5. The monoisotopic (exact) mass is 268 g/mol. The number of rotatable bonds is 4. The predicted octanol–water partition coefficient (Wildman–Crippen LogP) is 2.54. The van der Waals surface area contributed by atoms with Crippen LogP contribution in [0.15, 0.2) is 28.0 Å². The van der Waals surface area contributed by atoms with Gasteiger partial charge in [0.2, 0.25) is 0 Å². The molecule has 1 heterocycles. The van der Waals surface area contributed by atoms with Gasteiger partial charge < -0.3 is 5.32 Å². The summed E-state index contributed by atoms with van der Waals surface area (Å²) in [4.78, 5) is 5.40. The molecule has 0 aromatic heterocycles. The first-order valence-electron chi connectivity index (χ1n) is 5.98. The number of nitrogens with zero attached hydrogens (tertiary/aromatic N) is 1. The number of thioether (sulfide) groups is 2. The Bertz CT molecular complexity index is 362. The highest BCUT2D eigenvalue weighted by Crippen LogP contribution is 2.31. The van der Waals surface area contributed by atoms with E-state index in [1.165, 1.54) is 15.4 Å². The van der Waals surface area contributed by atoms with Gasteiger partial charge in [0.1, 0.15) is 0 Å². The van der Waals surface area contributed by atoms with Gasteiger partial charge in [-0.15, -0.1) is 23.5 Å². The van der Waals surface area contributed by atoms with E-state index in [9.17, 15) is 0 Å². The average molecular weight is 268 g/mol. The summed E-state index contributed by atoms with van der Waals surface area (Å²) in [6.45, 7) is 5.66. The highest BCUT2D eigenvalue weighted by molar-refractivity contribution is 8.01. The van der Waals surface area contributed by atoms with Crippen LogP contribution in [0.25, 0.3) is 0 Å². The van der Waals surface area contributed by atoms with E-state index < -0.39 is 0 Å². The quantitative estimate of drug-likeness (QED) is 0.844. The third-order valence-corrected chi connectivity index (χ3v) is 4.89. The lowest BCUT2D eigenvalue weighted by molar-refractivity contribution is 0.231. The second-order valence-electron chi connectivity index (χ2n) is 4.18. The summed E-state index contributed by atoms with van der Waals surface area (Å²) in [6.07, 6.45) is 4.33. The van der Waals surface area contributed by atoms with Crippen LogP contribution in [0.1, 0.15) is 5.56 Å². The highest BCUT2D eigenvalue weighted by atomic mass is 32.2. The zero-order valence-corrected chi connectivity index (χ0v) is 12.2. The molecule has 2 rings (SSSR count). The van der Waals surface area contributed by atoms with E-state index in [-0.39, 0.29) is 0 Å². The number of hydrogen-bond donors (Lipinski definition) is 1. The maximum Gasteiger partial charge on any atom is 0.0250 e. The Balaban J connectivity index is 2.13. The SMILES string of the molecule is CSc1cccc(CN2CCNCC2)c1SC. The van der Waals surface area contributed by atoms with Crippen LogP contribution in [0.3, 0.4) is 0 Å². The Morgan fingerprint density at radius 3 is 2.59 bits per heavy atom. The molecule has 1 aliphatic heterocycles. The molecule has 0 aliphatic carbocycles. The fraction of sp³-hybridized carbons (Fsp3) is 0.538. The summed E-state index contributed by atoms with van der Waals surface area (Å²) in [5.41, 5.74) is 1.48. The molecule has 1 saturated heterocycles. The van der Waals surface area contributed by atoms with Crippen LogP contribution in [0.5, 0.6) is 0 Å². The molecule has 1 aliphatic rings. The standard InChI is InChI=1S/C13H20N2S2/c1-16-12-5-3-4-11(13(12)17-2)10-15-8-6-14-7-9-15/h3-5,14H,6-10H2,1-2H3. The van der Waals surface area contributed by atoms with Gasteiger partial charge in [0.15, 0.2) is 0 Å². The van der Waals surface area contributed by atoms with Crippen molar-refractivity contribution in [3.63, 3.8) is 0 Å². The smallest absolute Gasteiger partial charge is 0.0250 e. The van der Waals surface area contributed by atoms with Crippen LogP contribution in [-0.2, 0) is 6.54 Å². The van der Waals surface area contributed by atoms with Crippen LogP contribution in [-0.4, -0.2) is 43.6 Å². The summed E-state index contributed by atoms with van der Waals surface area (Å²) in [5.74, 6) is 0. The van der Waals surface area contributed by atoms with Crippen molar-refractivity contribution in [3.8, 4) is 0 Å². The Kier molecular flexibility index (Phi) is 5.22. The van der Waals surface area contributed by atoms with Crippen molar-refractivity contribution in [3.05, 3.63) is 23.8 Å². The van der Waals surface area contributed by atoms with E-state index in [1.807, 2.05) is 23.5 Å². The zero-order chi connectivity index (χ0) is 12.1. The fourth-order valence-electron chi connectivity index (χ4n) is 2.19. The number of hydrogen-bond acceptors (Lipinski definition) is 4. The predicted molar refractivity (Wildman–Crippen MR) is 78.2 cm³/mol. The van der Waals surface area contributed by atoms with Gasteiger partial charge in [0.05, 0.1) is 0 Å². The van der Waals surface area contributed by atoms with E-state index in [4.69, 9.17) is 0 Å². The minimum absolute atomic E-state index is 1.09. The molecule has 17 heavy (non-hydrogen) atoms. The van der Waals surface area contributed by atoms with Gasteiger partial charge in [0.25, 0.3) is 0 Å². The molecule has 1 N–H and O–H groups in total. The van der Waals surface area contributed by atoms with E-state index in [1.54, 1.807) is 0 Å². The van der Waals surface area contributed by atoms with Gasteiger partial charge in [-0.05, 0) is 24.1 Å². The summed E-state index contributed by atoms with van der Waals surface area (Å²) >= 11 is 3.72. The molecule has 0 atom stereocenters. The third-order valence-electron chi connectivity index (χ3n) is 3.09. The summed E-state index contributed by atoms with van der Waals surface area (Å²) in [7, 11) is 0. The third kappa shape index (κ3) is 3.41. The Labute approximate surface area is 113 Å². The van der Waals surface area contributed by atoms with Crippen LogP contribution >= 0.6 is 23.5 Å². The molecule has 1 aromatic carbocycles. The normalized spacial score (nSPS) is 17.3. The lowest BCUT2D eigenvalue weighted by Crippen LogP contribution is -2.42. The molecule has 0 radical (unpaired) electrons. The average Bonchev–Trinajstić information content (AvgIpc) is 2.39. The van der Waals surface area contributed by atoms with Gasteiger partial charge in [-0.1, -0.05) is 12.1 Å². The maximum absolute atomic E-state index is 3.40. The van der Waals surface area contributed by atoms with Crippen molar-refractivity contribution < 1.29 is 0 Å². The van der Waals surface area contributed by atoms with Crippen LogP contribution in [0.4, 0.5) is 0 Å². The van der Waals surface area contributed by atoms with Crippen molar-refractivity contribution in [2.24, 2.45) is 0 Å². The van der Waals surface area contributed by atoms with E-state index in [2.05, 4.69) is 40.9 Å². The van der Waals surface area contributed by atoms with Crippen molar-refractivity contribution in [1.82, 2.24) is 10.2 Å². The molecular weight excluding hydrogens is 248 g/mol.